The molecule has 0 saturated heterocycles. The summed E-state index contributed by atoms with van der Waals surface area (Å²) in [5.41, 5.74) is 1.39. The zero-order valence-corrected chi connectivity index (χ0v) is 10.2. The molecule has 0 aliphatic carbocycles. The van der Waals surface area contributed by atoms with Gasteiger partial charge in [0.05, 0.1) is 7.11 Å². The lowest BCUT2D eigenvalue weighted by Crippen LogP contribution is -2.02. The van der Waals surface area contributed by atoms with Crippen LogP contribution < -0.4 is 4.74 Å². The lowest BCUT2D eigenvalue weighted by molar-refractivity contribution is 0.215. The van der Waals surface area contributed by atoms with Crippen molar-refractivity contribution >= 4 is 11.6 Å². The van der Waals surface area contributed by atoms with E-state index in [1.807, 2.05) is 36.4 Å². The van der Waals surface area contributed by atoms with Gasteiger partial charge < -0.3 is 9.84 Å². The van der Waals surface area contributed by atoms with E-state index in [0.717, 1.165) is 0 Å². The van der Waals surface area contributed by atoms with Gasteiger partial charge in [-0.1, -0.05) is 48.0 Å². The first-order chi connectivity index (χ1) is 8.24. The molecule has 0 bridgehead atoms. The summed E-state index contributed by atoms with van der Waals surface area (Å²) in [6.07, 6.45) is -0.778. The fraction of sp³-hybridized carbons (Fsp3) is 0.143. The van der Waals surface area contributed by atoms with Crippen LogP contribution in [-0.4, -0.2) is 12.2 Å². The Kier molecular flexibility index (Phi) is 3.67. The highest BCUT2D eigenvalue weighted by Crippen LogP contribution is 2.32. The molecule has 0 saturated carbocycles. The maximum Gasteiger partial charge on any atom is 0.125 e. The summed E-state index contributed by atoms with van der Waals surface area (Å²) in [6, 6.07) is 14.6. The second-order valence-electron chi connectivity index (χ2n) is 3.67. The summed E-state index contributed by atoms with van der Waals surface area (Å²) in [5, 5.41) is 10.9. The molecule has 88 valence electrons. The standard InChI is InChI=1S/C14H13ClO2/c1-17-13-9-5-3-7-11(13)14(16)10-6-2-4-8-12(10)15/h2-9,14,16H,1H3. The van der Waals surface area contributed by atoms with Crippen molar-refractivity contribution in [2.24, 2.45) is 0 Å². The average Bonchev–Trinajstić information content (AvgIpc) is 2.38. The van der Waals surface area contributed by atoms with Gasteiger partial charge in [-0.05, 0) is 12.1 Å². The Morgan fingerprint density at radius 2 is 1.59 bits per heavy atom. The first-order valence-corrected chi connectivity index (χ1v) is 5.67. The van der Waals surface area contributed by atoms with Crippen LogP contribution in [0.4, 0.5) is 0 Å². The highest BCUT2D eigenvalue weighted by atomic mass is 35.5. The van der Waals surface area contributed by atoms with Crippen LogP contribution in [0, 0.1) is 0 Å². The van der Waals surface area contributed by atoms with Crippen LogP contribution in [-0.2, 0) is 0 Å². The molecular weight excluding hydrogens is 236 g/mol. The third-order valence-electron chi connectivity index (χ3n) is 2.63. The van der Waals surface area contributed by atoms with Crippen molar-refractivity contribution in [2.45, 2.75) is 6.10 Å². The van der Waals surface area contributed by atoms with Crippen molar-refractivity contribution in [1.29, 1.82) is 0 Å². The Balaban J connectivity index is 2.44. The summed E-state index contributed by atoms with van der Waals surface area (Å²) in [4.78, 5) is 0. The van der Waals surface area contributed by atoms with Gasteiger partial charge in [0.25, 0.3) is 0 Å². The molecule has 0 radical (unpaired) electrons. The third kappa shape index (κ3) is 2.43. The fourth-order valence-electron chi connectivity index (χ4n) is 1.76. The number of halogens is 1. The zero-order chi connectivity index (χ0) is 12.3. The van der Waals surface area contributed by atoms with E-state index in [2.05, 4.69) is 0 Å². The topological polar surface area (TPSA) is 29.5 Å². The SMILES string of the molecule is COc1ccccc1C(O)c1ccccc1Cl. The number of ether oxygens (including phenoxy) is 1. The number of benzene rings is 2. The zero-order valence-electron chi connectivity index (χ0n) is 9.43. The lowest BCUT2D eigenvalue weighted by Gasteiger charge is -2.15. The van der Waals surface area contributed by atoms with E-state index < -0.39 is 6.10 Å². The van der Waals surface area contributed by atoms with Gasteiger partial charge in [0, 0.05) is 16.1 Å². The molecular formula is C14H13ClO2. The maximum atomic E-state index is 10.3. The molecule has 17 heavy (non-hydrogen) atoms. The van der Waals surface area contributed by atoms with Crippen LogP contribution in [0.5, 0.6) is 5.75 Å². The summed E-state index contributed by atoms with van der Waals surface area (Å²) >= 11 is 6.06. The molecule has 2 aromatic carbocycles. The van der Waals surface area contributed by atoms with Gasteiger partial charge in [0.1, 0.15) is 11.9 Å². The van der Waals surface area contributed by atoms with Crippen molar-refractivity contribution in [3.63, 3.8) is 0 Å². The molecule has 2 aromatic rings. The summed E-state index contributed by atoms with van der Waals surface area (Å²) < 4.78 is 5.22. The average molecular weight is 249 g/mol. The molecule has 3 heteroatoms. The van der Waals surface area contributed by atoms with Crippen molar-refractivity contribution in [3.8, 4) is 5.75 Å². The quantitative estimate of drug-likeness (QED) is 0.902. The third-order valence-corrected chi connectivity index (χ3v) is 2.98. The number of rotatable bonds is 3. The molecule has 0 spiro atoms. The van der Waals surface area contributed by atoms with E-state index in [-0.39, 0.29) is 0 Å². The molecule has 0 aromatic heterocycles. The number of hydrogen-bond acceptors (Lipinski definition) is 2. The Bertz CT molecular complexity index is 511. The molecule has 2 nitrogen and oxygen atoms in total. The van der Waals surface area contributed by atoms with Gasteiger partial charge in [-0.2, -0.15) is 0 Å². The minimum Gasteiger partial charge on any atom is -0.496 e. The molecule has 0 aliphatic rings. The van der Waals surface area contributed by atoms with Crippen molar-refractivity contribution in [1.82, 2.24) is 0 Å². The Labute approximate surface area is 105 Å². The molecule has 1 unspecified atom stereocenters. The van der Waals surface area contributed by atoms with Crippen LogP contribution in [0.2, 0.25) is 5.02 Å². The summed E-state index contributed by atoms with van der Waals surface area (Å²) in [6.45, 7) is 0. The van der Waals surface area contributed by atoms with Gasteiger partial charge in [-0.15, -0.1) is 0 Å². The monoisotopic (exact) mass is 248 g/mol. The van der Waals surface area contributed by atoms with E-state index in [1.165, 1.54) is 0 Å². The Hall–Kier alpha value is -1.51. The van der Waals surface area contributed by atoms with Crippen molar-refractivity contribution in [2.75, 3.05) is 7.11 Å². The van der Waals surface area contributed by atoms with Crippen LogP contribution >= 0.6 is 11.6 Å². The maximum absolute atomic E-state index is 10.3. The molecule has 0 aliphatic heterocycles. The molecule has 0 amide bonds. The van der Waals surface area contributed by atoms with Crippen molar-refractivity contribution < 1.29 is 9.84 Å². The number of aliphatic hydroxyl groups is 1. The van der Waals surface area contributed by atoms with Gasteiger partial charge in [0.2, 0.25) is 0 Å². The second-order valence-corrected chi connectivity index (χ2v) is 4.07. The van der Waals surface area contributed by atoms with Crippen molar-refractivity contribution in [3.05, 3.63) is 64.7 Å². The molecule has 1 N–H and O–H groups in total. The summed E-state index contributed by atoms with van der Waals surface area (Å²) in [5.74, 6) is 0.653. The number of para-hydroxylation sites is 1. The van der Waals surface area contributed by atoms with Gasteiger partial charge in [0.15, 0.2) is 0 Å². The minimum atomic E-state index is -0.778. The normalized spacial score (nSPS) is 12.2. The van der Waals surface area contributed by atoms with Crippen LogP contribution in [0.1, 0.15) is 17.2 Å². The van der Waals surface area contributed by atoms with Crippen LogP contribution in [0.3, 0.4) is 0 Å². The largest absolute Gasteiger partial charge is 0.496 e. The van der Waals surface area contributed by atoms with Gasteiger partial charge in [-0.3, -0.25) is 0 Å². The fourth-order valence-corrected chi connectivity index (χ4v) is 2.00. The summed E-state index contributed by atoms with van der Waals surface area (Å²) in [7, 11) is 1.58. The van der Waals surface area contributed by atoms with E-state index in [9.17, 15) is 5.11 Å². The van der Waals surface area contributed by atoms with Crippen LogP contribution in [0.25, 0.3) is 0 Å². The Morgan fingerprint density at radius 3 is 2.24 bits per heavy atom. The van der Waals surface area contributed by atoms with E-state index in [0.29, 0.717) is 21.9 Å². The first-order valence-electron chi connectivity index (χ1n) is 5.29. The number of hydrogen-bond donors (Lipinski definition) is 1. The molecule has 1 atom stereocenters. The first kappa shape index (κ1) is 12.0. The van der Waals surface area contributed by atoms with Crippen LogP contribution in [0.15, 0.2) is 48.5 Å². The molecule has 0 fully saturated rings. The highest BCUT2D eigenvalue weighted by molar-refractivity contribution is 6.31. The van der Waals surface area contributed by atoms with Gasteiger partial charge in [-0.25, -0.2) is 0 Å². The van der Waals surface area contributed by atoms with E-state index in [1.54, 1.807) is 19.2 Å². The van der Waals surface area contributed by atoms with Gasteiger partial charge >= 0.3 is 0 Å². The van der Waals surface area contributed by atoms with E-state index >= 15 is 0 Å². The highest BCUT2D eigenvalue weighted by Gasteiger charge is 2.16. The number of methoxy groups -OCH3 is 1. The van der Waals surface area contributed by atoms with E-state index in [4.69, 9.17) is 16.3 Å². The number of aliphatic hydroxyl groups excluding tert-OH is 1. The molecule has 2 rings (SSSR count). The predicted molar refractivity (Wildman–Crippen MR) is 68.5 cm³/mol. The smallest absolute Gasteiger partial charge is 0.125 e. The second kappa shape index (κ2) is 5.21. The Morgan fingerprint density at radius 1 is 1.00 bits per heavy atom. The predicted octanol–water partition coefficient (Wildman–Crippen LogP) is 3.43. The molecule has 0 heterocycles. The minimum absolute atomic E-state index is 0.547. The lowest BCUT2D eigenvalue weighted by atomic mass is 10.0.